The van der Waals surface area contributed by atoms with E-state index < -0.39 is 10.0 Å². The molecule has 0 spiro atoms. The van der Waals surface area contributed by atoms with Gasteiger partial charge < -0.3 is 0 Å². The summed E-state index contributed by atoms with van der Waals surface area (Å²) < 4.78 is 23.9. The first-order valence-corrected chi connectivity index (χ1v) is 7.62. The fourth-order valence-electron chi connectivity index (χ4n) is 1.36. The maximum Gasteiger partial charge on any atom is 0.271 e. The number of sulfonamides is 1. The van der Waals surface area contributed by atoms with Crippen molar-refractivity contribution in [3.05, 3.63) is 52.9 Å². The van der Waals surface area contributed by atoms with Crippen LogP contribution < -0.4 is 4.89 Å². The Kier molecular flexibility index (Phi) is 4.13. The number of aryl methyl sites for hydroxylation is 1. The van der Waals surface area contributed by atoms with Crippen molar-refractivity contribution in [2.75, 3.05) is 0 Å². The van der Waals surface area contributed by atoms with E-state index in [1.54, 1.807) is 12.1 Å². The van der Waals surface area contributed by atoms with Crippen molar-refractivity contribution < 1.29 is 13.3 Å². The molecule has 2 aromatic rings. The number of hydrogen-bond donors (Lipinski definition) is 1. The van der Waals surface area contributed by atoms with Gasteiger partial charge in [-0.25, -0.2) is 8.42 Å². The molecule has 1 aromatic carbocycles. The van der Waals surface area contributed by atoms with E-state index in [1.165, 1.54) is 11.3 Å². The summed E-state index contributed by atoms with van der Waals surface area (Å²) in [6.07, 6.45) is 0. The summed E-state index contributed by atoms with van der Waals surface area (Å²) in [6, 6.07) is 12.7. The van der Waals surface area contributed by atoms with Crippen LogP contribution in [0.15, 0.2) is 46.7 Å². The van der Waals surface area contributed by atoms with Gasteiger partial charge in [-0.3, -0.25) is 4.84 Å². The average Bonchev–Trinajstić information content (AvgIpc) is 2.78. The summed E-state index contributed by atoms with van der Waals surface area (Å²) in [5, 5.41) is 0. The first-order valence-electron chi connectivity index (χ1n) is 5.32. The molecule has 1 N–H and O–H groups in total. The highest BCUT2D eigenvalue weighted by molar-refractivity contribution is 7.91. The summed E-state index contributed by atoms with van der Waals surface area (Å²) >= 11 is 1.21. The third-order valence-corrected chi connectivity index (χ3v) is 4.94. The quantitative estimate of drug-likeness (QED) is 0.858. The summed E-state index contributed by atoms with van der Waals surface area (Å²) in [6.45, 7) is 2.05. The van der Waals surface area contributed by atoms with Crippen LogP contribution in [0, 0.1) is 6.92 Å². The minimum Gasteiger partial charge on any atom is -0.282 e. The van der Waals surface area contributed by atoms with Crippen LogP contribution in [0.1, 0.15) is 10.4 Å². The molecule has 1 heterocycles. The van der Waals surface area contributed by atoms with E-state index in [9.17, 15) is 8.42 Å². The molecule has 0 aliphatic carbocycles. The zero-order valence-corrected chi connectivity index (χ0v) is 11.4. The summed E-state index contributed by atoms with van der Waals surface area (Å²) in [5.41, 5.74) is 0.905. The van der Waals surface area contributed by atoms with Crippen LogP contribution >= 0.6 is 11.3 Å². The van der Waals surface area contributed by atoms with Crippen LogP contribution in [0.4, 0.5) is 0 Å². The topological polar surface area (TPSA) is 55.4 Å². The Bertz CT molecular complexity index is 605. The van der Waals surface area contributed by atoms with Crippen LogP contribution in [0.3, 0.4) is 0 Å². The van der Waals surface area contributed by atoms with Crippen LogP contribution in [-0.2, 0) is 21.5 Å². The van der Waals surface area contributed by atoms with Gasteiger partial charge in [0.05, 0.1) is 6.61 Å². The maximum atomic E-state index is 11.8. The van der Waals surface area contributed by atoms with Gasteiger partial charge in [0, 0.05) is 4.88 Å². The molecule has 18 heavy (non-hydrogen) atoms. The predicted octanol–water partition coefficient (Wildman–Crippen LogP) is 2.47. The third-order valence-electron chi connectivity index (χ3n) is 2.23. The second-order valence-corrected chi connectivity index (χ2v) is 6.89. The number of nitrogens with one attached hydrogen (secondary N) is 1. The zero-order valence-electron chi connectivity index (χ0n) is 9.79. The van der Waals surface area contributed by atoms with E-state index in [4.69, 9.17) is 4.84 Å². The molecule has 0 saturated heterocycles. The molecule has 1 aromatic heterocycles. The highest BCUT2D eigenvalue weighted by atomic mass is 32.2. The van der Waals surface area contributed by atoms with Crippen LogP contribution in [0.2, 0.25) is 0 Å². The van der Waals surface area contributed by atoms with Gasteiger partial charge in [0.15, 0.2) is 0 Å². The van der Waals surface area contributed by atoms with Gasteiger partial charge in [-0.05, 0) is 24.6 Å². The molecule has 0 bridgehead atoms. The van der Waals surface area contributed by atoms with Gasteiger partial charge in [0.2, 0.25) is 0 Å². The van der Waals surface area contributed by atoms with E-state index in [0.717, 1.165) is 10.4 Å². The van der Waals surface area contributed by atoms with Crippen molar-refractivity contribution in [1.29, 1.82) is 0 Å². The lowest BCUT2D eigenvalue weighted by molar-refractivity contribution is 0.0797. The fraction of sp³-hybridized carbons (Fsp3) is 0.167. The summed E-state index contributed by atoms with van der Waals surface area (Å²) in [5.74, 6) is 0. The fourth-order valence-corrected chi connectivity index (χ4v) is 3.43. The van der Waals surface area contributed by atoms with E-state index >= 15 is 0 Å². The highest BCUT2D eigenvalue weighted by Gasteiger charge is 2.15. The van der Waals surface area contributed by atoms with Gasteiger partial charge in [-0.15, -0.1) is 11.3 Å². The summed E-state index contributed by atoms with van der Waals surface area (Å²) in [4.78, 5) is 8.08. The molecule has 0 fully saturated rings. The zero-order chi connectivity index (χ0) is 13.0. The lowest BCUT2D eigenvalue weighted by atomic mass is 10.2. The number of thiophene rings is 1. The Morgan fingerprint density at radius 2 is 1.89 bits per heavy atom. The Labute approximate surface area is 110 Å². The lowest BCUT2D eigenvalue weighted by Gasteiger charge is -2.05. The van der Waals surface area contributed by atoms with E-state index in [1.807, 2.05) is 37.3 Å². The van der Waals surface area contributed by atoms with Crippen LogP contribution in [0.5, 0.6) is 0 Å². The number of rotatable bonds is 5. The molecule has 0 unspecified atom stereocenters. The SMILES string of the molecule is Cc1ccc(S(=O)(=O)NOCc2ccccc2)s1. The van der Waals surface area contributed by atoms with Gasteiger partial charge >= 0.3 is 0 Å². The molecule has 0 amide bonds. The van der Waals surface area contributed by atoms with Gasteiger partial charge in [-0.2, -0.15) is 0 Å². The molecule has 0 radical (unpaired) electrons. The standard InChI is InChI=1S/C12H13NO3S2/c1-10-7-8-12(17-10)18(14,15)13-16-9-11-5-3-2-4-6-11/h2-8,13H,9H2,1H3. The van der Waals surface area contributed by atoms with Gasteiger partial charge in [-0.1, -0.05) is 35.2 Å². The number of benzene rings is 1. The first-order chi connectivity index (χ1) is 8.58. The van der Waals surface area contributed by atoms with Crippen molar-refractivity contribution in [3.8, 4) is 0 Å². The van der Waals surface area contributed by atoms with E-state index in [2.05, 4.69) is 4.89 Å². The molecular formula is C12H13NO3S2. The second-order valence-electron chi connectivity index (χ2n) is 3.73. The van der Waals surface area contributed by atoms with Crippen LogP contribution in [-0.4, -0.2) is 8.42 Å². The molecule has 96 valence electrons. The van der Waals surface area contributed by atoms with Crippen molar-refractivity contribution in [3.63, 3.8) is 0 Å². The maximum absolute atomic E-state index is 11.8. The Hall–Kier alpha value is -1.21. The molecule has 4 nitrogen and oxygen atoms in total. The second kappa shape index (κ2) is 5.62. The van der Waals surface area contributed by atoms with Crippen LogP contribution in [0.25, 0.3) is 0 Å². The van der Waals surface area contributed by atoms with Crippen molar-refractivity contribution in [1.82, 2.24) is 4.89 Å². The molecule has 0 aliphatic heterocycles. The Morgan fingerprint density at radius 3 is 2.50 bits per heavy atom. The molecule has 0 atom stereocenters. The van der Waals surface area contributed by atoms with Crippen molar-refractivity contribution in [2.24, 2.45) is 0 Å². The Balaban J connectivity index is 1.94. The molecule has 6 heteroatoms. The number of hydrogen-bond acceptors (Lipinski definition) is 4. The molecule has 2 rings (SSSR count). The third kappa shape index (κ3) is 3.39. The Morgan fingerprint density at radius 1 is 1.17 bits per heavy atom. The normalized spacial score (nSPS) is 11.6. The van der Waals surface area contributed by atoms with E-state index in [0.29, 0.717) is 0 Å². The van der Waals surface area contributed by atoms with Gasteiger partial charge in [0.25, 0.3) is 10.0 Å². The average molecular weight is 283 g/mol. The minimum atomic E-state index is -3.56. The molecule has 0 aliphatic rings. The predicted molar refractivity (Wildman–Crippen MR) is 70.6 cm³/mol. The van der Waals surface area contributed by atoms with Crippen molar-refractivity contribution in [2.45, 2.75) is 17.7 Å². The first kappa shape index (κ1) is 13.2. The van der Waals surface area contributed by atoms with Crippen molar-refractivity contribution >= 4 is 21.4 Å². The summed E-state index contributed by atoms with van der Waals surface area (Å²) in [7, 11) is -3.56. The monoisotopic (exact) mass is 283 g/mol. The van der Waals surface area contributed by atoms with E-state index in [-0.39, 0.29) is 10.8 Å². The minimum absolute atomic E-state index is 0.199. The molecular weight excluding hydrogens is 270 g/mol. The highest BCUT2D eigenvalue weighted by Crippen LogP contribution is 2.20. The largest absolute Gasteiger partial charge is 0.282 e. The van der Waals surface area contributed by atoms with Gasteiger partial charge in [0.1, 0.15) is 4.21 Å². The smallest absolute Gasteiger partial charge is 0.271 e. The molecule has 0 saturated carbocycles. The lowest BCUT2D eigenvalue weighted by Crippen LogP contribution is -2.23.